The highest BCUT2D eigenvalue weighted by atomic mass is 16.5. The van der Waals surface area contributed by atoms with Crippen LogP contribution in [0.3, 0.4) is 0 Å². The lowest BCUT2D eigenvalue weighted by Crippen LogP contribution is -2.46. The van der Waals surface area contributed by atoms with E-state index in [9.17, 15) is 4.79 Å². The molecule has 1 heterocycles. The van der Waals surface area contributed by atoms with Crippen molar-refractivity contribution < 1.29 is 14.6 Å². The molecule has 0 atom stereocenters. The average Bonchev–Trinajstić information content (AvgIpc) is 2.23. The molecule has 1 amide bonds. The first-order valence-corrected chi connectivity index (χ1v) is 5.45. The summed E-state index contributed by atoms with van der Waals surface area (Å²) in [6.07, 6.45) is 0.691. The summed E-state index contributed by atoms with van der Waals surface area (Å²) in [7, 11) is 0. The van der Waals surface area contributed by atoms with Crippen LogP contribution in [0.5, 0.6) is 5.88 Å². The lowest BCUT2D eigenvalue weighted by Gasteiger charge is -2.32. The van der Waals surface area contributed by atoms with Gasteiger partial charge in [-0.2, -0.15) is 0 Å². The molecular weight excluding hydrogens is 220 g/mol. The molecule has 1 rings (SSSR count). The maximum atomic E-state index is 11.0. The fraction of sp³-hybridized carbons (Fsp3) is 0.500. The molecule has 1 aromatic rings. The number of amides is 1. The lowest BCUT2D eigenvalue weighted by atomic mass is 10.1. The van der Waals surface area contributed by atoms with Crippen molar-refractivity contribution in [2.45, 2.75) is 26.3 Å². The van der Waals surface area contributed by atoms with Gasteiger partial charge in [0.25, 0.3) is 0 Å². The van der Waals surface area contributed by atoms with Crippen molar-refractivity contribution in [2.24, 2.45) is 0 Å². The normalized spacial score (nSPS) is 11.0. The van der Waals surface area contributed by atoms with Gasteiger partial charge in [0.15, 0.2) is 0 Å². The van der Waals surface area contributed by atoms with Gasteiger partial charge in [-0.25, -0.2) is 9.78 Å². The van der Waals surface area contributed by atoms with Crippen LogP contribution in [0, 0.1) is 0 Å². The Labute approximate surface area is 101 Å². The van der Waals surface area contributed by atoms with E-state index in [2.05, 4.69) is 4.98 Å². The summed E-state index contributed by atoms with van der Waals surface area (Å²) in [5, 5.41) is 9.06. The quantitative estimate of drug-likeness (QED) is 0.873. The van der Waals surface area contributed by atoms with E-state index in [1.165, 1.54) is 4.90 Å². The molecule has 5 nitrogen and oxygen atoms in total. The highest BCUT2D eigenvalue weighted by Gasteiger charge is 2.25. The molecule has 0 aromatic carbocycles. The molecule has 1 N–H and O–H groups in total. The summed E-state index contributed by atoms with van der Waals surface area (Å²) in [6.45, 7) is 6.15. The Balaban J connectivity index is 2.46. The van der Waals surface area contributed by atoms with Crippen molar-refractivity contribution in [3.8, 4) is 5.88 Å². The molecule has 0 bridgehead atoms. The van der Waals surface area contributed by atoms with Crippen LogP contribution >= 0.6 is 0 Å². The SMILES string of the molecule is CC(C)(C)N(CCOc1ccccn1)C(=O)O. The van der Waals surface area contributed by atoms with Crippen LogP contribution < -0.4 is 4.74 Å². The van der Waals surface area contributed by atoms with Crippen LogP contribution in [-0.4, -0.2) is 39.8 Å². The predicted octanol–water partition coefficient (Wildman–Crippen LogP) is 2.24. The molecule has 0 saturated carbocycles. The number of rotatable bonds is 4. The number of pyridine rings is 1. The summed E-state index contributed by atoms with van der Waals surface area (Å²) in [5.41, 5.74) is -0.431. The molecule has 0 unspecified atom stereocenters. The summed E-state index contributed by atoms with van der Waals surface area (Å²) < 4.78 is 5.37. The molecule has 1 aromatic heterocycles. The minimum Gasteiger partial charge on any atom is -0.476 e. The van der Waals surface area contributed by atoms with Crippen LogP contribution in [0.15, 0.2) is 24.4 Å². The molecule has 0 aliphatic rings. The van der Waals surface area contributed by atoms with E-state index >= 15 is 0 Å². The number of ether oxygens (including phenoxy) is 1. The molecule has 0 saturated heterocycles. The van der Waals surface area contributed by atoms with Gasteiger partial charge < -0.3 is 14.7 Å². The zero-order valence-electron chi connectivity index (χ0n) is 10.4. The second kappa shape index (κ2) is 5.52. The van der Waals surface area contributed by atoms with Crippen molar-refractivity contribution in [3.05, 3.63) is 24.4 Å². The summed E-state index contributed by atoms with van der Waals surface area (Å²) in [5.74, 6) is 0.506. The summed E-state index contributed by atoms with van der Waals surface area (Å²) in [4.78, 5) is 16.4. The Morgan fingerprint density at radius 3 is 2.65 bits per heavy atom. The Morgan fingerprint density at radius 1 is 1.47 bits per heavy atom. The molecule has 0 radical (unpaired) electrons. The van der Waals surface area contributed by atoms with E-state index in [0.29, 0.717) is 19.0 Å². The molecular formula is C12H18N2O3. The van der Waals surface area contributed by atoms with Gasteiger partial charge in [0, 0.05) is 17.8 Å². The number of nitrogens with zero attached hydrogens (tertiary/aromatic N) is 2. The van der Waals surface area contributed by atoms with E-state index in [1.807, 2.05) is 26.8 Å². The fourth-order valence-corrected chi connectivity index (χ4v) is 1.39. The third-order valence-corrected chi connectivity index (χ3v) is 2.24. The third kappa shape index (κ3) is 4.30. The highest BCUT2D eigenvalue weighted by molar-refractivity contribution is 5.65. The maximum Gasteiger partial charge on any atom is 0.407 e. The van der Waals surface area contributed by atoms with Crippen LogP contribution in [0.25, 0.3) is 0 Å². The van der Waals surface area contributed by atoms with Crippen LogP contribution in [0.1, 0.15) is 20.8 Å². The Morgan fingerprint density at radius 2 is 2.18 bits per heavy atom. The Hall–Kier alpha value is -1.78. The number of aromatic nitrogens is 1. The Kier molecular flexibility index (Phi) is 4.31. The van der Waals surface area contributed by atoms with Crippen LogP contribution in [0.4, 0.5) is 4.79 Å². The first-order valence-electron chi connectivity index (χ1n) is 5.45. The van der Waals surface area contributed by atoms with Crippen LogP contribution in [-0.2, 0) is 0 Å². The van der Waals surface area contributed by atoms with Gasteiger partial charge in [-0.05, 0) is 26.8 Å². The predicted molar refractivity (Wildman–Crippen MR) is 64.2 cm³/mol. The van der Waals surface area contributed by atoms with Crippen LogP contribution in [0.2, 0.25) is 0 Å². The number of hydrogen-bond donors (Lipinski definition) is 1. The van der Waals surface area contributed by atoms with E-state index in [0.717, 1.165) is 0 Å². The van der Waals surface area contributed by atoms with E-state index in [1.54, 1.807) is 18.3 Å². The third-order valence-electron chi connectivity index (χ3n) is 2.24. The standard InChI is InChI=1S/C12H18N2O3/c1-12(2,3)14(11(15)16)8-9-17-10-6-4-5-7-13-10/h4-7H,8-9H2,1-3H3,(H,15,16). The minimum atomic E-state index is -0.942. The van der Waals surface area contributed by atoms with Crippen molar-refractivity contribution in [2.75, 3.05) is 13.2 Å². The molecule has 0 fully saturated rings. The Bertz CT molecular complexity index is 360. The number of carboxylic acid groups (broad SMARTS) is 1. The van der Waals surface area contributed by atoms with Crippen molar-refractivity contribution in [1.82, 2.24) is 9.88 Å². The lowest BCUT2D eigenvalue weighted by molar-refractivity contribution is 0.0886. The topological polar surface area (TPSA) is 62.7 Å². The first kappa shape index (κ1) is 13.3. The van der Waals surface area contributed by atoms with E-state index in [-0.39, 0.29) is 0 Å². The van der Waals surface area contributed by atoms with Gasteiger partial charge in [-0.15, -0.1) is 0 Å². The monoisotopic (exact) mass is 238 g/mol. The summed E-state index contributed by atoms with van der Waals surface area (Å²) >= 11 is 0. The largest absolute Gasteiger partial charge is 0.476 e. The second-order valence-electron chi connectivity index (χ2n) is 4.62. The highest BCUT2D eigenvalue weighted by Crippen LogP contribution is 2.13. The molecule has 94 valence electrons. The molecule has 0 aliphatic carbocycles. The van der Waals surface area contributed by atoms with Crippen molar-refractivity contribution in [3.63, 3.8) is 0 Å². The van der Waals surface area contributed by atoms with Crippen molar-refractivity contribution in [1.29, 1.82) is 0 Å². The first-order chi connectivity index (χ1) is 7.91. The smallest absolute Gasteiger partial charge is 0.407 e. The summed E-state index contributed by atoms with van der Waals surface area (Å²) in [6, 6.07) is 5.36. The van der Waals surface area contributed by atoms with E-state index in [4.69, 9.17) is 9.84 Å². The van der Waals surface area contributed by atoms with E-state index < -0.39 is 11.6 Å². The molecule has 17 heavy (non-hydrogen) atoms. The minimum absolute atomic E-state index is 0.292. The molecule has 0 aliphatic heterocycles. The van der Waals surface area contributed by atoms with Gasteiger partial charge in [-0.3, -0.25) is 0 Å². The zero-order valence-corrected chi connectivity index (χ0v) is 10.4. The molecule has 0 spiro atoms. The maximum absolute atomic E-state index is 11.0. The van der Waals surface area contributed by atoms with Gasteiger partial charge in [-0.1, -0.05) is 6.07 Å². The van der Waals surface area contributed by atoms with Crippen molar-refractivity contribution >= 4 is 6.09 Å². The average molecular weight is 238 g/mol. The number of hydrogen-bond acceptors (Lipinski definition) is 3. The molecule has 5 heteroatoms. The van der Waals surface area contributed by atoms with Gasteiger partial charge in [0.05, 0.1) is 6.54 Å². The second-order valence-corrected chi connectivity index (χ2v) is 4.62. The van der Waals surface area contributed by atoms with Gasteiger partial charge in [0.2, 0.25) is 5.88 Å². The van der Waals surface area contributed by atoms with Gasteiger partial charge >= 0.3 is 6.09 Å². The number of carbonyl (C=O) groups is 1. The van der Waals surface area contributed by atoms with Gasteiger partial charge in [0.1, 0.15) is 6.61 Å². The zero-order chi connectivity index (χ0) is 12.9. The fourth-order valence-electron chi connectivity index (χ4n) is 1.39.